The molecule has 0 aromatic heterocycles. The van der Waals surface area contributed by atoms with Crippen LogP contribution in [-0.2, 0) is 9.59 Å². The van der Waals surface area contributed by atoms with Crippen molar-refractivity contribution in [2.24, 2.45) is 0 Å². The molecule has 170 valence electrons. The maximum atomic E-state index is 13.6. The van der Waals surface area contributed by atoms with E-state index in [2.05, 4.69) is 4.90 Å². The minimum Gasteiger partial charge on any atom is -0.507 e. The molecule has 1 fully saturated rings. The van der Waals surface area contributed by atoms with E-state index >= 15 is 0 Å². The van der Waals surface area contributed by atoms with E-state index in [0.29, 0.717) is 30.0 Å². The molecule has 0 aliphatic carbocycles. The number of methoxy groups -OCH3 is 1. The number of aryl methyl sites for hydroxylation is 1. The molecular formula is C25H29FN2O4. The van der Waals surface area contributed by atoms with Crippen molar-refractivity contribution < 1.29 is 23.8 Å². The fourth-order valence-electron chi connectivity index (χ4n) is 4.07. The van der Waals surface area contributed by atoms with Gasteiger partial charge >= 0.3 is 0 Å². The van der Waals surface area contributed by atoms with E-state index in [1.807, 2.05) is 20.8 Å². The van der Waals surface area contributed by atoms with Crippen molar-refractivity contribution in [3.05, 3.63) is 70.5 Å². The van der Waals surface area contributed by atoms with Crippen LogP contribution in [0.1, 0.15) is 36.6 Å². The van der Waals surface area contributed by atoms with Crippen LogP contribution in [0.4, 0.5) is 4.39 Å². The van der Waals surface area contributed by atoms with Crippen LogP contribution in [0.2, 0.25) is 0 Å². The molecule has 0 unspecified atom stereocenters. The van der Waals surface area contributed by atoms with E-state index in [1.54, 1.807) is 37.4 Å². The fourth-order valence-corrected chi connectivity index (χ4v) is 4.07. The molecule has 6 nitrogen and oxygen atoms in total. The number of nitrogens with zero attached hydrogens (tertiary/aromatic N) is 2. The first kappa shape index (κ1) is 23.5. The van der Waals surface area contributed by atoms with Crippen molar-refractivity contribution in [1.82, 2.24) is 9.80 Å². The number of benzene rings is 2. The Hall–Kier alpha value is -3.19. The monoisotopic (exact) mass is 440 g/mol. The first-order chi connectivity index (χ1) is 15.3. The van der Waals surface area contributed by atoms with Crippen molar-refractivity contribution in [2.45, 2.75) is 26.8 Å². The van der Waals surface area contributed by atoms with E-state index in [1.165, 1.54) is 17.0 Å². The third kappa shape index (κ3) is 4.53. The Morgan fingerprint density at radius 1 is 1.12 bits per heavy atom. The van der Waals surface area contributed by atoms with Crippen LogP contribution in [0.25, 0.3) is 5.76 Å². The van der Waals surface area contributed by atoms with Gasteiger partial charge in [0, 0.05) is 18.7 Å². The van der Waals surface area contributed by atoms with Gasteiger partial charge in [-0.05, 0) is 61.5 Å². The molecule has 32 heavy (non-hydrogen) atoms. The molecule has 0 bridgehead atoms. The summed E-state index contributed by atoms with van der Waals surface area (Å²) in [7, 11) is 1.55. The number of carbonyl (C=O) groups excluding carboxylic acids is 2. The second-order valence-electron chi connectivity index (χ2n) is 7.76. The predicted octanol–water partition coefficient (Wildman–Crippen LogP) is 3.91. The molecule has 1 aliphatic rings. The Morgan fingerprint density at radius 3 is 2.34 bits per heavy atom. The van der Waals surface area contributed by atoms with Crippen LogP contribution >= 0.6 is 0 Å². The molecule has 1 atom stereocenters. The van der Waals surface area contributed by atoms with Gasteiger partial charge in [0.2, 0.25) is 0 Å². The first-order valence-corrected chi connectivity index (χ1v) is 10.7. The number of carbonyl (C=O) groups is 2. The number of rotatable bonds is 8. The average molecular weight is 441 g/mol. The summed E-state index contributed by atoms with van der Waals surface area (Å²) in [5.74, 6) is -1.44. The number of hydrogen-bond acceptors (Lipinski definition) is 5. The zero-order valence-corrected chi connectivity index (χ0v) is 18.9. The fraction of sp³-hybridized carbons (Fsp3) is 0.360. The van der Waals surface area contributed by atoms with Gasteiger partial charge in [0.15, 0.2) is 0 Å². The Bertz CT molecular complexity index is 1030. The Morgan fingerprint density at radius 2 is 1.78 bits per heavy atom. The van der Waals surface area contributed by atoms with Crippen molar-refractivity contribution in [1.29, 1.82) is 0 Å². The standard InChI is InChI=1S/C25H29FN2O4/c1-5-27(6-2)13-14-28-22(17-7-10-19(26)11-8-17)21(24(30)25(28)31)23(29)18-9-12-20(32-4)16(3)15-18/h7-12,15,22,29H,5-6,13-14H2,1-4H3/t22-/m0/s1. The van der Waals surface area contributed by atoms with Crippen molar-refractivity contribution in [2.75, 3.05) is 33.3 Å². The number of amides is 1. The predicted molar refractivity (Wildman–Crippen MR) is 121 cm³/mol. The number of likely N-dealkylation sites (N-methyl/N-ethyl adjacent to an activating group) is 1. The minimum atomic E-state index is -0.798. The largest absolute Gasteiger partial charge is 0.507 e. The lowest BCUT2D eigenvalue weighted by molar-refractivity contribution is -0.140. The highest BCUT2D eigenvalue weighted by Gasteiger charge is 2.46. The molecule has 1 saturated heterocycles. The van der Waals surface area contributed by atoms with Crippen LogP contribution in [0.3, 0.4) is 0 Å². The summed E-state index contributed by atoms with van der Waals surface area (Å²) in [6.45, 7) is 8.41. The average Bonchev–Trinajstić information content (AvgIpc) is 3.04. The quantitative estimate of drug-likeness (QED) is 0.383. The molecule has 1 N–H and O–H groups in total. The van der Waals surface area contributed by atoms with Crippen LogP contribution in [-0.4, -0.2) is 59.9 Å². The summed E-state index contributed by atoms with van der Waals surface area (Å²) in [6.07, 6.45) is 0. The molecule has 0 saturated carbocycles. The lowest BCUT2D eigenvalue weighted by atomic mass is 9.94. The smallest absolute Gasteiger partial charge is 0.295 e. The van der Waals surface area contributed by atoms with E-state index in [4.69, 9.17) is 4.74 Å². The Kier molecular flexibility index (Phi) is 7.30. The van der Waals surface area contributed by atoms with Crippen LogP contribution in [0, 0.1) is 12.7 Å². The number of aliphatic hydroxyl groups excluding tert-OH is 1. The zero-order valence-electron chi connectivity index (χ0n) is 18.9. The van der Waals surface area contributed by atoms with Gasteiger partial charge in [0.25, 0.3) is 11.7 Å². The number of ether oxygens (including phenoxy) is 1. The second-order valence-corrected chi connectivity index (χ2v) is 7.76. The van der Waals surface area contributed by atoms with Crippen LogP contribution < -0.4 is 4.74 Å². The molecule has 3 rings (SSSR count). The van der Waals surface area contributed by atoms with Gasteiger partial charge in [0.05, 0.1) is 18.7 Å². The van der Waals surface area contributed by atoms with E-state index in [-0.39, 0.29) is 11.3 Å². The highest BCUT2D eigenvalue weighted by Crippen LogP contribution is 2.39. The van der Waals surface area contributed by atoms with Gasteiger partial charge in [0.1, 0.15) is 17.3 Å². The van der Waals surface area contributed by atoms with Crippen molar-refractivity contribution in [3.63, 3.8) is 0 Å². The summed E-state index contributed by atoms with van der Waals surface area (Å²) in [4.78, 5) is 29.6. The maximum Gasteiger partial charge on any atom is 0.295 e. The molecule has 2 aromatic carbocycles. The first-order valence-electron chi connectivity index (χ1n) is 10.7. The summed E-state index contributed by atoms with van der Waals surface area (Å²) in [5.41, 5.74) is 1.77. The second kappa shape index (κ2) is 9.96. The topological polar surface area (TPSA) is 70.1 Å². The minimum absolute atomic E-state index is 0.00530. The van der Waals surface area contributed by atoms with Crippen molar-refractivity contribution in [3.8, 4) is 5.75 Å². The third-order valence-corrected chi connectivity index (χ3v) is 5.95. The maximum absolute atomic E-state index is 13.6. The van der Waals surface area contributed by atoms with Crippen LogP contribution in [0.15, 0.2) is 48.0 Å². The normalized spacial score (nSPS) is 17.9. The highest BCUT2D eigenvalue weighted by molar-refractivity contribution is 6.46. The molecular weight excluding hydrogens is 411 g/mol. The molecule has 1 heterocycles. The highest BCUT2D eigenvalue weighted by atomic mass is 19.1. The number of likely N-dealkylation sites (tertiary alicyclic amines) is 1. The SMILES string of the molecule is CCN(CC)CCN1C(=O)C(=O)C(=C(O)c2ccc(OC)c(C)c2)[C@@H]1c1ccc(F)cc1. The van der Waals surface area contributed by atoms with Gasteiger partial charge in [-0.3, -0.25) is 9.59 Å². The number of hydrogen-bond donors (Lipinski definition) is 1. The lowest BCUT2D eigenvalue weighted by Gasteiger charge is -2.28. The van der Waals surface area contributed by atoms with Gasteiger partial charge < -0.3 is 19.6 Å². The van der Waals surface area contributed by atoms with E-state index < -0.39 is 23.5 Å². The summed E-state index contributed by atoms with van der Waals surface area (Å²) in [5, 5.41) is 11.1. The summed E-state index contributed by atoms with van der Waals surface area (Å²) >= 11 is 0. The lowest BCUT2D eigenvalue weighted by Crippen LogP contribution is -2.38. The summed E-state index contributed by atoms with van der Waals surface area (Å²) < 4.78 is 18.8. The molecule has 0 radical (unpaired) electrons. The van der Waals surface area contributed by atoms with Crippen LogP contribution in [0.5, 0.6) is 5.75 Å². The van der Waals surface area contributed by atoms with Crippen molar-refractivity contribution >= 4 is 17.4 Å². The molecule has 7 heteroatoms. The number of halogens is 1. The van der Waals surface area contributed by atoms with Gasteiger partial charge in [-0.15, -0.1) is 0 Å². The molecule has 2 aromatic rings. The molecule has 0 spiro atoms. The Balaban J connectivity index is 2.10. The Labute approximate surface area is 187 Å². The third-order valence-electron chi connectivity index (χ3n) is 5.95. The zero-order chi connectivity index (χ0) is 23.4. The van der Waals surface area contributed by atoms with E-state index in [0.717, 1.165) is 18.7 Å². The number of Topliss-reactive ketones (excluding diaryl/α,β-unsaturated/α-hetero) is 1. The van der Waals surface area contributed by atoms with E-state index in [9.17, 15) is 19.1 Å². The molecule has 1 amide bonds. The summed E-state index contributed by atoms with van der Waals surface area (Å²) in [6, 6.07) is 9.92. The van der Waals surface area contributed by atoms with Gasteiger partial charge in [-0.25, -0.2) is 4.39 Å². The number of aliphatic hydroxyl groups is 1. The molecule has 1 aliphatic heterocycles. The van der Waals surface area contributed by atoms with Gasteiger partial charge in [-0.2, -0.15) is 0 Å². The van der Waals surface area contributed by atoms with Gasteiger partial charge in [-0.1, -0.05) is 26.0 Å². The number of ketones is 1.